The summed E-state index contributed by atoms with van der Waals surface area (Å²) in [6, 6.07) is 10.0. The third kappa shape index (κ3) is 4.00. The lowest BCUT2D eigenvalue weighted by Crippen LogP contribution is -2.41. The molecular formula is C27H28F2N4O2. The Morgan fingerprint density at radius 1 is 1.11 bits per heavy atom. The maximum atomic E-state index is 14.0. The highest BCUT2D eigenvalue weighted by Crippen LogP contribution is 2.44. The summed E-state index contributed by atoms with van der Waals surface area (Å²) in [5.41, 5.74) is 2.11. The van der Waals surface area contributed by atoms with Gasteiger partial charge in [-0.1, -0.05) is 26.0 Å². The highest BCUT2D eigenvalue weighted by Gasteiger charge is 2.43. The fourth-order valence-corrected chi connectivity index (χ4v) is 5.21. The van der Waals surface area contributed by atoms with Gasteiger partial charge in [-0.2, -0.15) is 0 Å². The second-order valence-corrected chi connectivity index (χ2v) is 9.50. The molecule has 0 saturated carbocycles. The zero-order valence-corrected chi connectivity index (χ0v) is 20.3. The Kier molecular flexibility index (Phi) is 5.91. The largest absolute Gasteiger partial charge is 0.496 e. The quantitative estimate of drug-likeness (QED) is 0.334. The van der Waals surface area contributed by atoms with E-state index in [1.54, 1.807) is 26.3 Å². The van der Waals surface area contributed by atoms with Crippen molar-refractivity contribution in [1.29, 1.82) is 0 Å². The van der Waals surface area contributed by atoms with E-state index in [-0.39, 0.29) is 11.3 Å². The summed E-state index contributed by atoms with van der Waals surface area (Å²) in [6.45, 7) is 6.89. The summed E-state index contributed by atoms with van der Waals surface area (Å²) in [5, 5.41) is 9.25. The Labute approximate surface area is 203 Å². The zero-order chi connectivity index (χ0) is 24.7. The van der Waals surface area contributed by atoms with Crippen LogP contribution in [0.4, 0.5) is 8.78 Å². The normalized spacial score (nSPS) is 17.6. The van der Waals surface area contributed by atoms with Crippen molar-refractivity contribution in [3.8, 4) is 28.5 Å². The van der Waals surface area contributed by atoms with Gasteiger partial charge in [0, 0.05) is 24.4 Å². The van der Waals surface area contributed by atoms with Gasteiger partial charge in [0.2, 0.25) is 0 Å². The monoisotopic (exact) mass is 478 g/mol. The van der Waals surface area contributed by atoms with Gasteiger partial charge in [0.1, 0.15) is 11.6 Å². The van der Waals surface area contributed by atoms with Crippen LogP contribution < -0.4 is 4.74 Å². The van der Waals surface area contributed by atoms with Crippen LogP contribution in [0.5, 0.6) is 5.75 Å². The second kappa shape index (κ2) is 8.91. The molecule has 0 radical (unpaired) electrons. The first-order chi connectivity index (χ1) is 16.8. The molecular weight excluding hydrogens is 450 g/mol. The molecule has 5 rings (SSSR count). The topological polar surface area (TPSA) is 66.0 Å². The van der Waals surface area contributed by atoms with Crippen LogP contribution in [0, 0.1) is 24.5 Å². The lowest BCUT2D eigenvalue weighted by molar-refractivity contribution is 0.219. The third-order valence-electron chi connectivity index (χ3n) is 7.16. The van der Waals surface area contributed by atoms with Gasteiger partial charge in [-0.25, -0.2) is 13.8 Å². The van der Waals surface area contributed by atoms with Crippen LogP contribution in [0.25, 0.3) is 22.7 Å². The molecule has 0 amide bonds. The summed E-state index contributed by atoms with van der Waals surface area (Å²) in [7, 11) is 1.62. The first kappa shape index (κ1) is 23.2. The van der Waals surface area contributed by atoms with E-state index in [2.05, 4.69) is 33.6 Å². The SMILES string of the molecule is COc1cc(-c2nnc3n2CCCC3(Cc2ccc(F)c(F)c2)C(C)C)ccc1-c1cnc(C)o1. The average molecular weight is 479 g/mol. The first-order valence-electron chi connectivity index (χ1n) is 11.8. The van der Waals surface area contributed by atoms with Crippen molar-refractivity contribution < 1.29 is 17.9 Å². The second-order valence-electron chi connectivity index (χ2n) is 9.50. The molecule has 2 aromatic heterocycles. The van der Waals surface area contributed by atoms with Crippen molar-refractivity contribution >= 4 is 0 Å². The molecule has 1 aliphatic heterocycles. The number of aryl methyl sites for hydroxylation is 1. The van der Waals surface area contributed by atoms with Gasteiger partial charge < -0.3 is 13.7 Å². The van der Waals surface area contributed by atoms with Crippen molar-refractivity contribution in [1.82, 2.24) is 19.7 Å². The summed E-state index contributed by atoms with van der Waals surface area (Å²) >= 11 is 0. The van der Waals surface area contributed by atoms with E-state index in [9.17, 15) is 8.78 Å². The molecule has 3 heterocycles. The molecule has 4 aromatic rings. The van der Waals surface area contributed by atoms with Crippen LogP contribution in [-0.2, 0) is 18.4 Å². The van der Waals surface area contributed by atoms with Gasteiger partial charge in [0.25, 0.3) is 0 Å². The van der Waals surface area contributed by atoms with Crippen molar-refractivity contribution in [3.63, 3.8) is 0 Å². The molecule has 35 heavy (non-hydrogen) atoms. The fraction of sp³-hybridized carbons (Fsp3) is 0.370. The van der Waals surface area contributed by atoms with Crippen molar-refractivity contribution in [2.45, 2.75) is 52.0 Å². The molecule has 2 aromatic carbocycles. The molecule has 0 N–H and O–H groups in total. The van der Waals surface area contributed by atoms with Gasteiger partial charge in [-0.3, -0.25) is 0 Å². The predicted molar refractivity (Wildman–Crippen MR) is 128 cm³/mol. The maximum absolute atomic E-state index is 14.0. The van der Waals surface area contributed by atoms with E-state index in [0.717, 1.165) is 47.7 Å². The number of methoxy groups -OCH3 is 1. The summed E-state index contributed by atoms with van der Waals surface area (Å²) in [4.78, 5) is 4.18. The predicted octanol–water partition coefficient (Wildman–Crippen LogP) is 6.13. The number of hydrogen-bond donors (Lipinski definition) is 0. The molecule has 182 valence electrons. The van der Waals surface area contributed by atoms with Gasteiger partial charge in [0.05, 0.1) is 18.9 Å². The number of halogens is 2. The Hall–Kier alpha value is -3.55. The zero-order valence-electron chi connectivity index (χ0n) is 20.3. The standard InChI is InChI=1S/C27H28F2N4O2/c1-16(2)27(14-18-6-9-21(28)22(29)12-18)10-5-11-33-25(31-32-26(27)33)19-7-8-20(23(13-19)34-4)24-15-30-17(3)35-24/h6-9,12-13,15-16H,5,10-11,14H2,1-4H3. The highest BCUT2D eigenvalue weighted by atomic mass is 19.2. The van der Waals surface area contributed by atoms with Crippen LogP contribution in [0.1, 0.15) is 44.0 Å². The molecule has 0 spiro atoms. The van der Waals surface area contributed by atoms with Crippen molar-refractivity contribution in [3.05, 3.63) is 71.5 Å². The molecule has 8 heteroatoms. The minimum absolute atomic E-state index is 0.221. The Bertz CT molecular complexity index is 1380. The van der Waals surface area contributed by atoms with E-state index in [4.69, 9.17) is 9.15 Å². The first-order valence-corrected chi connectivity index (χ1v) is 11.8. The lowest BCUT2D eigenvalue weighted by Gasteiger charge is -2.40. The van der Waals surface area contributed by atoms with E-state index >= 15 is 0 Å². The molecule has 1 unspecified atom stereocenters. The minimum atomic E-state index is -0.834. The number of nitrogens with zero attached hydrogens (tertiary/aromatic N) is 4. The fourth-order valence-electron chi connectivity index (χ4n) is 5.21. The third-order valence-corrected chi connectivity index (χ3v) is 7.16. The van der Waals surface area contributed by atoms with E-state index in [1.165, 1.54) is 12.1 Å². The number of hydrogen-bond acceptors (Lipinski definition) is 5. The van der Waals surface area contributed by atoms with Crippen LogP contribution in [-0.4, -0.2) is 26.9 Å². The summed E-state index contributed by atoms with van der Waals surface area (Å²) in [6.07, 6.45) is 4.08. The smallest absolute Gasteiger partial charge is 0.191 e. The summed E-state index contributed by atoms with van der Waals surface area (Å²) < 4.78 is 41.0. The van der Waals surface area contributed by atoms with Crippen LogP contribution in [0.3, 0.4) is 0 Å². The maximum Gasteiger partial charge on any atom is 0.191 e. The van der Waals surface area contributed by atoms with E-state index in [1.807, 2.05) is 18.2 Å². The molecule has 6 nitrogen and oxygen atoms in total. The van der Waals surface area contributed by atoms with Gasteiger partial charge in [-0.05, 0) is 55.0 Å². The Morgan fingerprint density at radius 3 is 2.63 bits per heavy atom. The minimum Gasteiger partial charge on any atom is -0.496 e. The highest BCUT2D eigenvalue weighted by molar-refractivity contribution is 5.71. The van der Waals surface area contributed by atoms with Crippen LogP contribution in [0.15, 0.2) is 47.0 Å². The van der Waals surface area contributed by atoms with E-state index in [0.29, 0.717) is 23.8 Å². The average Bonchev–Trinajstić information content (AvgIpc) is 3.48. The molecule has 0 bridgehead atoms. The summed E-state index contributed by atoms with van der Waals surface area (Å²) in [5.74, 6) is 2.08. The number of oxazole rings is 1. The van der Waals surface area contributed by atoms with E-state index < -0.39 is 11.6 Å². The molecule has 1 aliphatic rings. The Balaban J connectivity index is 1.56. The van der Waals surface area contributed by atoms with Crippen LogP contribution in [0.2, 0.25) is 0 Å². The van der Waals surface area contributed by atoms with Gasteiger partial charge in [-0.15, -0.1) is 10.2 Å². The van der Waals surface area contributed by atoms with Crippen LogP contribution >= 0.6 is 0 Å². The van der Waals surface area contributed by atoms with Gasteiger partial charge >= 0.3 is 0 Å². The molecule has 0 fully saturated rings. The number of fused-ring (bicyclic) bond motifs is 1. The Morgan fingerprint density at radius 2 is 1.94 bits per heavy atom. The van der Waals surface area contributed by atoms with Crippen molar-refractivity contribution in [2.24, 2.45) is 5.92 Å². The number of aromatic nitrogens is 4. The molecule has 0 saturated heterocycles. The number of benzene rings is 2. The lowest BCUT2D eigenvalue weighted by atomic mass is 9.67. The van der Waals surface area contributed by atoms with Gasteiger partial charge in [0.15, 0.2) is 29.1 Å². The molecule has 1 atom stereocenters. The number of ether oxygens (including phenoxy) is 1. The molecule has 0 aliphatic carbocycles. The van der Waals surface area contributed by atoms with Crippen molar-refractivity contribution in [2.75, 3.05) is 7.11 Å². The number of rotatable bonds is 6.